The first-order chi connectivity index (χ1) is 20.9. The first-order valence-corrected chi connectivity index (χ1v) is 15.8. The predicted molar refractivity (Wildman–Crippen MR) is 176 cm³/mol. The number of halogens is 2. The number of aromatic nitrogens is 2. The van der Waals surface area contributed by atoms with Gasteiger partial charge in [0, 0.05) is 22.4 Å². The SMILES string of the molecule is CCOC(=O)NC(=O)c1c(N)[nH]c2c(C(=O)OC3C(C(C)(C)C)CC(C)CC3C(C)(C)C)c(-c3ccc(Cl)cc3)c(Cl)n2c1=O. The number of anilines is 1. The Labute approximate surface area is 272 Å². The van der Waals surface area contributed by atoms with E-state index < -0.39 is 35.2 Å². The van der Waals surface area contributed by atoms with Crippen molar-refractivity contribution in [3.63, 3.8) is 0 Å². The van der Waals surface area contributed by atoms with Crippen LogP contribution >= 0.6 is 23.2 Å². The highest BCUT2D eigenvalue weighted by atomic mass is 35.5. The van der Waals surface area contributed by atoms with Gasteiger partial charge < -0.3 is 20.2 Å². The van der Waals surface area contributed by atoms with E-state index in [1.165, 1.54) is 0 Å². The van der Waals surface area contributed by atoms with Crippen LogP contribution in [0.2, 0.25) is 10.2 Å². The number of aromatic amines is 1. The van der Waals surface area contributed by atoms with E-state index >= 15 is 0 Å². The van der Waals surface area contributed by atoms with Gasteiger partial charge in [0.15, 0.2) is 0 Å². The van der Waals surface area contributed by atoms with Gasteiger partial charge in [-0.25, -0.2) is 14.0 Å². The molecule has 0 aliphatic heterocycles. The summed E-state index contributed by atoms with van der Waals surface area (Å²) < 4.78 is 12.3. The molecule has 2 amide bonds. The van der Waals surface area contributed by atoms with E-state index in [0.717, 1.165) is 17.2 Å². The first-order valence-electron chi connectivity index (χ1n) is 15.1. The second kappa shape index (κ2) is 12.7. The molecule has 45 heavy (non-hydrogen) atoms. The lowest BCUT2D eigenvalue weighted by Crippen LogP contribution is -2.49. The van der Waals surface area contributed by atoms with Crippen LogP contribution in [0.4, 0.5) is 10.6 Å². The van der Waals surface area contributed by atoms with Crippen molar-refractivity contribution in [3.8, 4) is 11.1 Å². The lowest BCUT2D eigenvalue weighted by molar-refractivity contribution is -0.0922. The smallest absolute Gasteiger partial charge is 0.414 e. The monoisotopic (exact) mass is 660 g/mol. The van der Waals surface area contributed by atoms with Gasteiger partial charge in [-0.15, -0.1) is 0 Å². The van der Waals surface area contributed by atoms with Crippen LogP contribution in [0, 0.1) is 28.6 Å². The number of esters is 1. The van der Waals surface area contributed by atoms with Crippen molar-refractivity contribution >= 4 is 52.6 Å². The molecule has 0 bridgehead atoms. The minimum Gasteiger partial charge on any atom is -0.458 e. The predicted octanol–water partition coefficient (Wildman–Crippen LogP) is 7.35. The highest BCUT2D eigenvalue weighted by molar-refractivity contribution is 6.34. The fourth-order valence-electron chi connectivity index (χ4n) is 6.44. The summed E-state index contributed by atoms with van der Waals surface area (Å²) in [6.45, 7) is 16.7. The lowest BCUT2D eigenvalue weighted by Gasteiger charge is -2.50. The largest absolute Gasteiger partial charge is 0.458 e. The van der Waals surface area contributed by atoms with E-state index in [9.17, 15) is 19.2 Å². The van der Waals surface area contributed by atoms with Crippen molar-refractivity contribution in [1.29, 1.82) is 0 Å². The number of imide groups is 1. The number of nitrogen functional groups attached to an aromatic ring is 1. The highest BCUT2D eigenvalue weighted by Gasteiger charge is 2.48. The third kappa shape index (κ3) is 6.87. The molecular formula is C33H42Cl2N4O6. The molecule has 2 unspecified atom stereocenters. The Balaban J connectivity index is 1.94. The van der Waals surface area contributed by atoms with Gasteiger partial charge in [0.05, 0.1) is 6.61 Å². The number of benzene rings is 1. The van der Waals surface area contributed by atoms with Gasteiger partial charge in [0.25, 0.3) is 11.5 Å². The summed E-state index contributed by atoms with van der Waals surface area (Å²) in [5, 5.41) is 2.28. The summed E-state index contributed by atoms with van der Waals surface area (Å²) in [6.07, 6.45) is 0.296. The van der Waals surface area contributed by atoms with Gasteiger partial charge in [-0.05, 0) is 54.2 Å². The zero-order valence-corrected chi connectivity index (χ0v) is 28.5. The summed E-state index contributed by atoms with van der Waals surface area (Å²) in [5.74, 6) is -1.59. The van der Waals surface area contributed by atoms with Crippen LogP contribution in [0.3, 0.4) is 0 Å². The van der Waals surface area contributed by atoms with E-state index in [0.29, 0.717) is 16.5 Å². The van der Waals surface area contributed by atoms with Gasteiger partial charge in [-0.2, -0.15) is 0 Å². The van der Waals surface area contributed by atoms with Crippen molar-refractivity contribution in [1.82, 2.24) is 14.7 Å². The summed E-state index contributed by atoms with van der Waals surface area (Å²) in [6, 6.07) is 6.60. The van der Waals surface area contributed by atoms with E-state index in [4.69, 9.17) is 38.4 Å². The Bertz CT molecular complexity index is 1660. The third-order valence-electron chi connectivity index (χ3n) is 8.68. The fraction of sp³-hybridized carbons (Fsp3) is 0.515. The second-order valence-electron chi connectivity index (χ2n) is 14.0. The zero-order valence-electron chi connectivity index (χ0n) is 27.0. The van der Waals surface area contributed by atoms with Crippen LogP contribution in [0.15, 0.2) is 29.1 Å². The Morgan fingerprint density at radius 1 is 1.00 bits per heavy atom. The fourth-order valence-corrected chi connectivity index (χ4v) is 6.93. The number of carbonyl (C=O) groups is 3. The highest BCUT2D eigenvalue weighted by Crippen LogP contribution is 2.50. The van der Waals surface area contributed by atoms with Crippen molar-refractivity contribution in [2.75, 3.05) is 12.3 Å². The van der Waals surface area contributed by atoms with Crippen molar-refractivity contribution < 1.29 is 23.9 Å². The molecule has 12 heteroatoms. The van der Waals surface area contributed by atoms with Crippen molar-refractivity contribution in [2.45, 2.75) is 74.3 Å². The molecule has 4 rings (SSSR count). The van der Waals surface area contributed by atoms with Gasteiger partial charge >= 0.3 is 12.1 Å². The van der Waals surface area contributed by atoms with Gasteiger partial charge in [-0.3, -0.25) is 14.9 Å². The molecule has 10 nitrogen and oxygen atoms in total. The molecule has 244 valence electrons. The topological polar surface area (TPSA) is 145 Å². The van der Waals surface area contributed by atoms with Gasteiger partial charge in [-0.1, -0.05) is 83.8 Å². The zero-order chi connectivity index (χ0) is 33.6. The minimum atomic E-state index is -1.09. The maximum atomic E-state index is 14.5. The average Bonchev–Trinajstić information content (AvgIpc) is 3.20. The van der Waals surface area contributed by atoms with Crippen LogP contribution < -0.4 is 16.6 Å². The number of hydrogen-bond acceptors (Lipinski definition) is 7. The van der Waals surface area contributed by atoms with Crippen molar-refractivity contribution in [3.05, 3.63) is 55.9 Å². The Morgan fingerprint density at radius 2 is 1.56 bits per heavy atom. The van der Waals surface area contributed by atoms with Crippen LogP contribution in [-0.4, -0.2) is 40.1 Å². The van der Waals surface area contributed by atoms with Crippen LogP contribution in [0.25, 0.3) is 16.8 Å². The number of fused-ring (bicyclic) bond motifs is 1. The molecule has 1 aromatic carbocycles. The number of alkyl carbamates (subject to hydrolysis) is 1. The number of ether oxygens (including phenoxy) is 2. The summed E-state index contributed by atoms with van der Waals surface area (Å²) >= 11 is 13.0. The maximum absolute atomic E-state index is 14.5. The molecule has 1 fully saturated rings. The second-order valence-corrected chi connectivity index (χ2v) is 14.8. The Kier molecular flexibility index (Phi) is 9.71. The van der Waals surface area contributed by atoms with Crippen LogP contribution in [-0.2, 0) is 9.47 Å². The normalized spacial score (nSPS) is 20.6. The van der Waals surface area contributed by atoms with E-state index in [2.05, 4.69) is 53.5 Å². The van der Waals surface area contributed by atoms with E-state index in [1.807, 2.05) is 5.32 Å². The van der Waals surface area contributed by atoms with Crippen LogP contribution in [0.5, 0.6) is 0 Å². The molecule has 1 saturated carbocycles. The summed E-state index contributed by atoms with van der Waals surface area (Å²) in [4.78, 5) is 56.0. The molecule has 2 heterocycles. The molecule has 2 atom stereocenters. The number of carbonyl (C=O) groups excluding carboxylic acids is 3. The molecule has 1 aliphatic rings. The van der Waals surface area contributed by atoms with Gasteiger partial charge in [0.1, 0.15) is 33.8 Å². The number of hydrogen-bond donors (Lipinski definition) is 3. The lowest BCUT2D eigenvalue weighted by atomic mass is 9.59. The quantitative estimate of drug-likeness (QED) is 0.243. The number of rotatable bonds is 5. The number of nitrogens with two attached hydrogens (primary N) is 1. The molecule has 1 aliphatic carbocycles. The molecule has 0 saturated heterocycles. The van der Waals surface area contributed by atoms with E-state index in [-0.39, 0.29) is 57.0 Å². The average molecular weight is 662 g/mol. The number of nitrogens with one attached hydrogen (secondary N) is 2. The number of amides is 2. The summed E-state index contributed by atoms with van der Waals surface area (Å²) in [7, 11) is 0. The van der Waals surface area contributed by atoms with E-state index in [1.54, 1.807) is 31.2 Å². The molecule has 2 aromatic heterocycles. The minimum absolute atomic E-state index is 0.00931. The molecule has 0 spiro atoms. The van der Waals surface area contributed by atoms with Crippen LogP contribution in [0.1, 0.15) is 88.9 Å². The first kappa shape index (κ1) is 34.4. The number of nitrogens with zero attached hydrogens (tertiary/aromatic N) is 1. The van der Waals surface area contributed by atoms with Crippen molar-refractivity contribution in [2.24, 2.45) is 28.6 Å². The number of H-pyrrole nitrogens is 1. The molecule has 0 radical (unpaired) electrons. The molecule has 3 aromatic rings. The third-order valence-corrected chi connectivity index (χ3v) is 9.29. The standard InChI is InChI=1S/C33H42Cl2N4O6/c1-9-44-31(43)38-28(40)23-26(36)37-27-22(21(25(35)39(27)29(23)41)17-10-12-18(34)13-11-17)30(42)45-24-19(32(3,4)5)14-16(2)15-20(24)33(6,7)8/h10-13,16,19-20,24,37H,9,14-15,36H2,1-8H3,(H,38,40,43). The molecular weight excluding hydrogens is 619 g/mol. The Hall–Kier alpha value is -3.50. The van der Waals surface area contributed by atoms with Gasteiger partial charge in [0.2, 0.25) is 0 Å². The summed E-state index contributed by atoms with van der Waals surface area (Å²) in [5.41, 5.74) is 4.99. The molecule has 4 N–H and O–H groups in total. The maximum Gasteiger partial charge on any atom is 0.414 e. The Morgan fingerprint density at radius 3 is 2.07 bits per heavy atom.